The van der Waals surface area contributed by atoms with E-state index in [-0.39, 0.29) is 17.4 Å². The first-order chi connectivity index (χ1) is 11.3. The van der Waals surface area contributed by atoms with Crippen LogP contribution in [0.3, 0.4) is 0 Å². The van der Waals surface area contributed by atoms with Gasteiger partial charge in [0.2, 0.25) is 5.13 Å². The third-order valence-corrected chi connectivity index (χ3v) is 4.93. The molecule has 0 radical (unpaired) electrons. The van der Waals surface area contributed by atoms with Crippen molar-refractivity contribution in [2.24, 2.45) is 7.05 Å². The van der Waals surface area contributed by atoms with Crippen LogP contribution in [0.15, 0.2) is 12.4 Å². The molecular weight excluding hydrogens is 324 g/mol. The molecule has 130 valence electrons. The van der Waals surface area contributed by atoms with Gasteiger partial charge in [0.15, 0.2) is 0 Å². The molecule has 1 aliphatic heterocycles. The van der Waals surface area contributed by atoms with Gasteiger partial charge in [-0.25, -0.2) is 4.98 Å². The van der Waals surface area contributed by atoms with E-state index in [0.29, 0.717) is 5.56 Å². The largest absolute Gasteiger partial charge is 0.349 e. The molecule has 0 aliphatic carbocycles. The van der Waals surface area contributed by atoms with Gasteiger partial charge >= 0.3 is 0 Å². The van der Waals surface area contributed by atoms with Gasteiger partial charge in [-0.05, 0) is 12.8 Å². The van der Waals surface area contributed by atoms with Gasteiger partial charge in [0.05, 0.1) is 11.8 Å². The number of anilines is 1. The molecule has 0 spiro atoms. The number of hydrogen-bond acceptors (Lipinski definition) is 6. The van der Waals surface area contributed by atoms with E-state index in [2.05, 4.69) is 45.4 Å². The molecule has 1 N–H and O–H groups in total. The van der Waals surface area contributed by atoms with E-state index >= 15 is 0 Å². The number of nitrogens with one attached hydrogen (secondary N) is 1. The molecule has 0 saturated carbocycles. The van der Waals surface area contributed by atoms with Gasteiger partial charge in [0.1, 0.15) is 5.82 Å². The van der Waals surface area contributed by atoms with E-state index in [9.17, 15) is 4.79 Å². The summed E-state index contributed by atoms with van der Waals surface area (Å²) < 4.78 is 6.12. The first-order valence-electron chi connectivity index (χ1n) is 8.21. The molecule has 2 aromatic rings. The quantitative estimate of drug-likeness (QED) is 0.918. The minimum Gasteiger partial charge on any atom is -0.349 e. The van der Waals surface area contributed by atoms with Crippen LogP contribution in [-0.4, -0.2) is 44.2 Å². The zero-order chi connectivity index (χ0) is 17.3. The van der Waals surface area contributed by atoms with Crippen LogP contribution < -0.4 is 10.2 Å². The summed E-state index contributed by atoms with van der Waals surface area (Å²) in [6.07, 6.45) is 5.16. The Balaban J connectivity index is 1.54. The molecule has 7 nitrogen and oxygen atoms in total. The first-order valence-corrected chi connectivity index (χ1v) is 8.99. The highest BCUT2D eigenvalue weighted by Crippen LogP contribution is 2.27. The van der Waals surface area contributed by atoms with Crippen molar-refractivity contribution in [3.8, 4) is 0 Å². The predicted octanol–water partition coefficient (Wildman–Crippen LogP) is 1.97. The summed E-state index contributed by atoms with van der Waals surface area (Å²) in [7, 11) is 1.81. The lowest BCUT2D eigenvalue weighted by Gasteiger charge is -2.31. The van der Waals surface area contributed by atoms with Crippen molar-refractivity contribution in [3.05, 3.63) is 23.8 Å². The molecule has 2 aromatic heterocycles. The van der Waals surface area contributed by atoms with Crippen LogP contribution in [0, 0.1) is 0 Å². The molecule has 1 amide bonds. The average Bonchev–Trinajstić information content (AvgIpc) is 3.16. The van der Waals surface area contributed by atoms with E-state index < -0.39 is 0 Å². The van der Waals surface area contributed by atoms with Crippen molar-refractivity contribution in [1.82, 2.24) is 24.5 Å². The Morgan fingerprint density at radius 1 is 1.33 bits per heavy atom. The highest BCUT2D eigenvalue weighted by Gasteiger charge is 2.26. The fraction of sp³-hybridized carbons (Fsp3) is 0.625. The van der Waals surface area contributed by atoms with Crippen LogP contribution in [0.4, 0.5) is 5.13 Å². The Hall–Kier alpha value is -1.96. The number of carbonyl (C=O) groups is 1. The van der Waals surface area contributed by atoms with Crippen molar-refractivity contribution in [3.63, 3.8) is 0 Å². The first kappa shape index (κ1) is 16.9. The lowest BCUT2D eigenvalue weighted by atomic mass is 9.96. The van der Waals surface area contributed by atoms with Crippen LogP contribution in [0.25, 0.3) is 0 Å². The van der Waals surface area contributed by atoms with Gasteiger partial charge in [0, 0.05) is 49.3 Å². The monoisotopic (exact) mass is 348 g/mol. The van der Waals surface area contributed by atoms with E-state index in [1.807, 2.05) is 7.05 Å². The van der Waals surface area contributed by atoms with Crippen molar-refractivity contribution >= 4 is 22.6 Å². The third kappa shape index (κ3) is 3.75. The summed E-state index contributed by atoms with van der Waals surface area (Å²) in [5.41, 5.74) is 0.587. The maximum atomic E-state index is 12.2. The maximum absolute atomic E-state index is 12.2. The maximum Gasteiger partial charge on any atom is 0.254 e. The van der Waals surface area contributed by atoms with Gasteiger partial charge in [-0.1, -0.05) is 20.8 Å². The highest BCUT2D eigenvalue weighted by atomic mass is 32.1. The lowest BCUT2D eigenvalue weighted by Crippen LogP contribution is -2.44. The molecule has 1 fully saturated rings. The predicted molar refractivity (Wildman–Crippen MR) is 94.5 cm³/mol. The second-order valence-corrected chi connectivity index (χ2v) is 8.02. The number of aromatic nitrogens is 4. The minimum atomic E-state index is -0.0486. The summed E-state index contributed by atoms with van der Waals surface area (Å²) >= 11 is 1.46. The standard InChI is InChI=1S/C16H24N6OS/c1-16(2,3)14-19-15(24-20-14)22-7-5-12(6-8-22)18-13(23)11-9-17-21(4)10-11/h9-10,12H,5-8H2,1-4H3,(H,18,23). The topological polar surface area (TPSA) is 75.9 Å². The Morgan fingerprint density at radius 3 is 2.58 bits per heavy atom. The van der Waals surface area contributed by atoms with E-state index in [1.54, 1.807) is 17.1 Å². The summed E-state index contributed by atoms with van der Waals surface area (Å²) in [6.45, 7) is 8.14. The molecule has 3 rings (SSSR count). The van der Waals surface area contributed by atoms with Crippen LogP contribution in [0.1, 0.15) is 49.8 Å². The lowest BCUT2D eigenvalue weighted by molar-refractivity contribution is 0.0931. The fourth-order valence-corrected chi connectivity index (χ4v) is 3.58. The average molecular weight is 348 g/mol. The zero-order valence-corrected chi connectivity index (χ0v) is 15.4. The normalized spacial score (nSPS) is 16.4. The summed E-state index contributed by atoms with van der Waals surface area (Å²) in [6, 6.07) is 0.198. The zero-order valence-electron chi connectivity index (χ0n) is 14.6. The Morgan fingerprint density at radius 2 is 2.04 bits per heavy atom. The highest BCUT2D eigenvalue weighted by molar-refractivity contribution is 7.09. The van der Waals surface area contributed by atoms with Crippen molar-refractivity contribution < 1.29 is 4.79 Å². The molecule has 0 unspecified atom stereocenters. The minimum absolute atomic E-state index is 0.0230. The molecule has 0 atom stereocenters. The third-order valence-electron chi connectivity index (χ3n) is 4.15. The Bertz CT molecular complexity index is 708. The van der Waals surface area contributed by atoms with Crippen LogP contribution in [0.2, 0.25) is 0 Å². The number of amides is 1. The smallest absolute Gasteiger partial charge is 0.254 e. The molecular formula is C16H24N6OS. The molecule has 3 heterocycles. The van der Waals surface area contributed by atoms with Gasteiger partial charge in [-0.15, -0.1) is 0 Å². The van der Waals surface area contributed by atoms with Gasteiger partial charge in [-0.2, -0.15) is 9.47 Å². The van der Waals surface area contributed by atoms with Gasteiger partial charge < -0.3 is 10.2 Å². The number of rotatable bonds is 3. The van der Waals surface area contributed by atoms with E-state index in [0.717, 1.165) is 36.9 Å². The summed E-state index contributed by atoms with van der Waals surface area (Å²) in [5.74, 6) is 0.849. The van der Waals surface area contributed by atoms with Crippen molar-refractivity contribution in [1.29, 1.82) is 0 Å². The van der Waals surface area contributed by atoms with E-state index in [1.165, 1.54) is 11.5 Å². The molecule has 1 saturated heterocycles. The number of hydrogen-bond donors (Lipinski definition) is 1. The van der Waals surface area contributed by atoms with E-state index in [4.69, 9.17) is 0 Å². The van der Waals surface area contributed by atoms with Crippen LogP contribution >= 0.6 is 11.5 Å². The molecule has 0 bridgehead atoms. The SMILES string of the molecule is Cn1cc(C(=O)NC2CCN(c3nc(C(C)(C)C)ns3)CC2)cn1. The molecule has 8 heteroatoms. The molecule has 24 heavy (non-hydrogen) atoms. The van der Waals surface area contributed by atoms with Crippen LogP contribution in [-0.2, 0) is 12.5 Å². The number of aryl methyl sites for hydroxylation is 1. The summed E-state index contributed by atoms with van der Waals surface area (Å²) in [5, 5.41) is 8.12. The second-order valence-electron chi connectivity index (χ2n) is 7.29. The fourth-order valence-electron chi connectivity index (χ4n) is 2.67. The summed E-state index contributed by atoms with van der Waals surface area (Å²) in [4.78, 5) is 19.1. The number of piperidine rings is 1. The van der Waals surface area contributed by atoms with Gasteiger partial charge in [0.25, 0.3) is 5.91 Å². The number of carbonyl (C=O) groups excluding carboxylic acids is 1. The Kier molecular flexibility index (Phi) is 4.58. The van der Waals surface area contributed by atoms with Crippen molar-refractivity contribution in [2.75, 3.05) is 18.0 Å². The number of nitrogens with zero attached hydrogens (tertiary/aromatic N) is 5. The van der Waals surface area contributed by atoms with Crippen LogP contribution in [0.5, 0.6) is 0 Å². The van der Waals surface area contributed by atoms with Gasteiger partial charge in [-0.3, -0.25) is 9.48 Å². The molecule has 1 aliphatic rings. The molecule has 0 aromatic carbocycles. The second kappa shape index (κ2) is 6.51. The van der Waals surface area contributed by atoms with Crippen molar-refractivity contribution in [2.45, 2.75) is 45.1 Å². The Labute approximate surface area is 146 Å².